The number of aromatic carboxylic acids is 1. The molecule has 0 spiro atoms. The number of anilines is 1. The number of fused-ring (bicyclic) bond motifs is 1. The molecule has 0 saturated carbocycles. The lowest BCUT2D eigenvalue weighted by Crippen LogP contribution is -2.04. The molecule has 6 nitrogen and oxygen atoms in total. The summed E-state index contributed by atoms with van der Waals surface area (Å²) in [5, 5.41) is 16.2. The zero-order valence-electron chi connectivity index (χ0n) is 9.55. The van der Waals surface area contributed by atoms with Crippen LogP contribution in [-0.2, 0) is 0 Å². The lowest BCUT2D eigenvalue weighted by Gasteiger charge is -2.03. The predicted molar refractivity (Wildman–Crippen MR) is 63.3 cm³/mol. The normalized spacial score (nSPS) is 10.6. The van der Waals surface area contributed by atoms with E-state index in [1.165, 1.54) is 10.7 Å². The molecular formula is C11H14N4O2. The van der Waals surface area contributed by atoms with Crippen LogP contribution in [0.5, 0.6) is 0 Å². The molecule has 0 saturated heterocycles. The molecule has 0 unspecified atom stereocenters. The second kappa shape index (κ2) is 4.82. The highest BCUT2D eigenvalue weighted by molar-refractivity contribution is 5.86. The zero-order valence-corrected chi connectivity index (χ0v) is 9.55. The van der Waals surface area contributed by atoms with Crippen molar-refractivity contribution in [2.45, 2.75) is 19.8 Å². The molecule has 0 aliphatic carbocycles. The van der Waals surface area contributed by atoms with Crippen LogP contribution in [0.25, 0.3) is 5.65 Å². The van der Waals surface area contributed by atoms with Crippen molar-refractivity contribution in [1.29, 1.82) is 0 Å². The van der Waals surface area contributed by atoms with Crippen molar-refractivity contribution in [3.05, 3.63) is 24.0 Å². The summed E-state index contributed by atoms with van der Waals surface area (Å²) in [5.41, 5.74) is 0.534. The van der Waals surface area contributed by atoms with E-state index in [2.05, 4.69) is 22.3 Å². The van der Waals surface area contributed by atoms with Gasteiger partial charge < -0.3 is 10.4 Å². The average molecular weight is 234 g/mol. The van der Waals surface area contributed by atoms with Crippen LogP contribution in [0.1, 0.15) is 30.3 Å². The molecule has 2 heterocycles. The van der Waals surface area contributed by atoms with Crippen molar-refractivity contribution in [2.75, 3.05) is 11.9 Å². The minimum Gasteiger partial charge on any atom is -0.476 e. The average Bonchev–Trinajstić information content (AvgIpc) is 2.72. The summed E-state index contributed by atoms with van der Waals surface area (Å²) in [6.07, 6.45) is 3.59. The van der Waals surface area contributed by atoms with Crippen LogP contribution < -0.4 is 5.32 Å². The van der Waals surface area contributed by atoms with E-state index in [1.54, 1.807) is 12.1 Å². The number of unbranched alkanes of at least 4 members (excludes halogenated alkanes) is 1. The fourth-order valence-corrected chi connectivity index (χ4v) is 1.47. The molecule has 0 fully saturated rings. The van der Waals surface area contributed by atoms with Gasteiger partial charge in [0.05, 0.1) is 6.20 Å². The van der Waals surface area contributed by atoms with Gasteiger partial charge >= 0.3 is 5.97 Å². The Labute approximate surface area is 98.3 Å². The van der Waals surface area contributed by atoms with Crippen LogP contribution in [0.4, 0.5) is 5.82 Å². The van der Waals surface area contributed by atoms with Gasteiger partial charge in [0.1, 0.15) is 5.82 Å². The summed E-state index contributed by atoms with van der Waals surface area (Å²) in [4.78, 5) is 14.7. The van der Waals surface area contributed by atoms with Crippen LogP contribution in [-0.4, -0.2) is 32.2 Å². The van der Waals surface area contributed by atoms with Crippen LogP contribution >= 0.6 is 0 Å². The van der Waals surface area contributed by atoms with Gasteiger partial charge in [-0.15, -0.1) is 5.10 Å². The molecule has 0 aliphatic rings. The molecule has 2 aromatic heterocycles. The molecule has 0 aliphatic heterocycles. The number of carboxylic acids is 1. The number of hydrogen-bond acceptors (Lipinski definition) is 4. The third-order valence-electron chi connectivity index (χ3n) is 2.38. The maximum absolute atomic E-state index is 10.7. The van der Waals surface area contributed by atoms with Gasteiger partial charge in [0, 0.05) is 6.54 Å². The summed E-state index contributed by atoms with van der Waals surface area (Å²) in [5.74, 6) is -0.323. The van der Waals surface area contributed by atoms with Gasteiger partial charge in [-0.3, -0.25) is 0 Å². The van der Waals surface area contributed by atoms with E-state index in [0.717, 1.165) is 25.2 Å². The standard InChI is InChI=1S/C11H14N4O2/c1-2-3-6-12-9-4-5-10-13-8(11(16)17)7-15(10)14-9/h4-5,7H,2-3,6H2,1H3,(H,12,14)(H,16,17). The number of carboxylic acid groups (broad SMARTS) is 1. The minimum atomic E-state index is -1.05. The molecule has 0 aromatic carbocycles. The number of hydrogen-bond donors (Lipinski definition) is 2. The fraction of sp³-hybridized carbons (Fsp3) is 0.364. The Balaban J connectivity index is 2.21. The van der Waals surface area contributed by atoms with Gasteiger partial charge in [-0.1, -0.05) is 13.3 Å². The first kappa shape index (κ1) is 11.4. The number of nitrogens with zero attached hydrogens (tertiary/aromatic N) is 3. The largest absolute Gasteiger partial charge is 0.476 e. The van der Waals surface area contributed by atoms with Crippen LogP contribution in [0.2, 0.25) is 0 Å². The van der Waals surface area contributed by atoms with Crippen LogP contribution in [0.15, 0.2) is 18.3 Å². The molecule has 0 amide bonds. The van der Waals surface area contributed by atoms with E-state index in [0.29, 0.717) is 5.65 Å². The van der Waals surface area contributed by atoms with E-state index in [4.69, 9.17) is 5.11 Å². The molecule has 2 rings (SSSR count). The summed E-state index contributed by atoms with van der Waals surface area (Å²) < 4.78 is 1.47. The lowest BCUT2D eigenvalue weighted by molar-refractivity contribution is 0.0691. The Morgan fingerprint density at radius 3 is 3.06 bits per heavy atom. The van der Waals surface area contributed by atoms with E-state index >= 15 is 0 Å². The predicted octanol–water partition coefficient (Wildman–Crippen LogP) is 1.64. The van der Waals surface area contributed by atoms with Crippen molar-refractivity contribution in [1.82, 2.24) is 14.6 Å². The molecule has 6 heteroatoms. The van der Waals surface area contributed by atoms with Gasteiger partial charge in [-0.2, -0.15) is 0 Å². The van der Waals surface area contributed by atoms with Crippen molar-refractivity contribution in [2.24, 2.45) is 0 Å². The topological polar surface area (TPSA) is 79.5 Å². The Morgan fingerprint density at radius 1 is 1.53 bits per heavy atom. The van der Waals surface area contributed by atoms with Gasteiger partial charge in [0.15, 0.2) is 11.3 Å². The fourth-order valence-electron chi connectivity index (χ4n) is 1.47. The highest BCUT2D eigenvalue weighted by atomic mass is 16.4. The first-order valence-electron chi connectivity index (χ1n) is 5.54. The smallest absolute Gasteiger partial charge is 0.356 e. The highest BCUT2D eigenvalue weighted by Gasteiger charge is 2.09. The Bertz CT molecular complexity index is 535. The Morgan fingerprint density at radius 2 is 2.35 bits per heavy atom. The second-order valence-corrected chi connectivity index (χ2v) is 3.73. The molecule has 2 N–H and O–H groups in total. The van der Waals surface area contributed by atoms with E-state index in [1.807, 2.05) is 0 Å². The summed E-state index contributed by atoms with van der Waals surface area (Å²) >= 11 is 0. The van der Waals surface area contributed by atoms with Crippen molar-refractivity contribution in [3.63, 3.8) is 0 Å². The third-order valence-corrected chi connectivity index (χ3v) is 2.38. The van der Waals surface area contributed by atoms with E-state index in [-0.39, 0.29) is 5.69 Å². The first-order valence-corrected chi connectivity index (χ1v) is 5.54. The SMILES string of the molecule is CCCCNc1ccc2nc(C(=O)O)cn2n1. The summed E-state index contributed by atoms with van der Waals surface area (Å²) in [7, 11) is 0. The highest BCUT2D eigenvalue weighted by Crippen LogP contribution is 2.08. The summed E-state index contributed by atoms with van der Waals surface area (Å²) in [6, 6.07) is 3.54. The molecule has 0 radical (unpaired) electrons. The maximum atomic E-state index is 10.7. The van der Waals surface area contributed by atoms with Crippen LogP contribution in [0, 0.1) is 0 Å². The van der Waals surface area contributed by atoms with E-state index in [9.17, 15) is 4.79 Å². The van der Waals surface area contributed by atoms with Gasteiger partial charge in [0.25, 0.3) is 0 Å². The Hall–Kier alpha value is -2.11. The van der Waals surface area contributed by atoms with Gasteiger partial charge in [0.2, 0.25) is 0 Å². The monoisotopic (exact) mass is 234 g/mol. The second-order valence-electron chi connectivity index (χ2n) is 3.73. The minimum absolute atomic E-state index is 0.00297. The first-order chi connectivity index (χ1) is 8.20. The van der Waals surface area contributed by atoms with Crippen molar-refractivity contribution >= 4 is 17.4 Å². The molecule has 2 aromatic rings. The number of aromatic nitrogens is 3. The maximum Gasteiger partial charge on any atom is 0.356 e. The molecule has 0 atom stereocenters. The Kier molecular flexibility index (Phi) is 3.22. The number of imidazole rings is 1. The van der Waals surface area contributed by atoms with Crippen LogP contribution in [0.3, 0.4) is 0 Å². The van der Waals surface area contributed by atoms with Gasteiger partial charge in [-0.05, 0) is 18.6 Å². The molecule has 17 heavy (non-hydrogen) atoms. The lowest BCUT2D eigenvalue weighted by atomic mass is 10.3. The number of carbonyl (C=O) groups is 1. The van der Waals surface area contributed by atoms with Crippen molar-refractivity contribution < 1.29 is 9.90 Å². The number of rotatable bonds is 5. The molecule has 90 valence electrons. The molecular weight excluding hydrogens is 220 g/mol. The number of nitrogens with one attached hydrogen (secondary N) is 1. The molecule has 0 bridgehead atoms. The zero-order chi connectivity index (χ0) is 12.3. The summed E-state index contributed by atoms with van der Waals surface area (Å²) in [6.45, 7) is 2.97. The third kappa shape index (κ3) is 2.52. The van der Waals surface area contributed by atoms with E-state index < -0.39 is 5.97 Å². The van der Waals surface area contributed by atoms with Gasteiger partial charge in [-0.25, -0.2) is 14.3 Å². The quantitative estimate of drug-likeness (QED) is 0.769. The van der Waals surface area contributed by atoms with Crippen molar-refractivity contribution in [3.8, 4) is 0 Å².